The van der Waals surface area contributed by atoms with Crippen molar-refractivity contribution in [1.29, 1.82) is 0 Å². The van der Waals surface area contributed by atoms with Gasteiger partial charge in [-0.1, -0.05) is 20.3 Å². The van der Waals surface area contributed by atoms with Crippen molar-refractivity contribution < 1.29 is 29.0 Å². The van der Waals surface area contributed by atoms with Gasteiger partial charge in [-0.05, 0) is 65.2 Å². The SMILES string of the molecule is CC[C@H](C)[C@H](NC(=O)C1CCC(CNC(=O)[C@H](C)NC(=O)OC(C)(C)C)CC1)C(=O)O. The Morgan fingerprint density at radius 2 is 1.61 bits per heavy atom. The van der Waals surface area contributed by atoms with Gasteiger partial charge in [0.1, 0.15) is 17.7 Å². The zero-order valence-corrected chi connectivity index (χ0v) is 19.6. The van der Waals surface area contributed by atoms with Gasteiger partial charge < -0.3 is 25.8 Å². The summed E-state index contributed by atoms with van der Waals surface area (Å²) in [5.41, 5.74) is -0.635. The Balaban J connectivity index is 2.39. The maximum absolute atomic E-state index is 12.5. The second kappa shape index (κ2) is 11.9. The van der Waals surface area contributed by atoms with Gasteiger partial charge in [0, 0.05) is 12.5 Å². The van der Waals surface area contributed by atoms with Gasteiger partial charge in [0.15, 0.2) is 0 Å². The standard InChI is InChI=1S/C22H39N3O6/c1-7-13(2)17(20(28)29)25-19(27)16-10-8-15(9-11-16)12-23-18(26)14(3)24-21(30)31-22(4,5)6/h13-17H,7-12H2,1-6H3,(H,23,26)(H,24,30)(H,25,27)(H,28,29)/t13-,14-,15?,16?,17-/m0/s1. The molecule has 3 atom stereocenters. The van der Waals surface area contributed by atoms with Crippen LogP contribution in [0.5, 0.6) is 0 Å². The molecule has 9 nitrogen and oxygen atoms in total. The molecular weight excluding hydrogens is 402 g/mol. The fourth-order valence-corrected chi connectivity index (χ4v) is 3.53. The molecule has 4 N–H and O–H groups in total. The van der Waals surface area contributed by atoms with Crippen molar-refractivity contribution >= 4 is 23.9 Å². The number of hydrogen-bond acceptors (Lipinski definition) is 5. The topological polar surface area (TPSA) is 134 Å². The van der Waals surface area contributed by atoms with Gasteiger partial charge in [0.05, 0.1) is 0 Å². The minimum atomic E-state index is -1.01. The fraction of sp³-hybridized carbons (Fsp3) is 0.818. The predicted octanol–water partition coefficient (Wildman–Crippen LogP) is 2.44. The number of alkyl carbamates (subject to hydrolysis) is 1. The van der Waals surface area contributed by atoms with Crippen molar-refractivity contribution in [2.75, 3.05) is 6.54 Å². The monoisotopic (exact) mass is 441 g/mol. The molecule has 1 fully saturated rings. The van der Waals surface area contributed by atoms with Crippen LogP contribution in [0.4, 0.5) is 4.79 Å². The second-order valence-corrected chi connectivity index (χ2v) is 9.54. The van der Waals surface area contributed by atoms with E-state index in [1.807, 2.05) is 13.8 Å². The lowest BCUT2D eigenvalue weighted by molar-refractivity contribution is -0.144. The number of carboxylic acids is 1. The van der Waals surface area contributed by atoms with E-state index in [0.29, 0.717) is 25.8 Å². The van der Waals surface area contributed by atoms with Crippen LogP contribution in [0.25, 0.3) is 0 Å². The van der Waals surface area contributed by atoms with Gasteiger partial charge in [-0.25, -0.2) is 9.59 Å². The van der Waals surface area contributed by atoms with Crippen LogP contribution in [-0.4, -0.2) is 53.2 Å². The average molecular weight is 442 g/mol. The van der Waals surface area contributed by atoms with Crippen LogP contribution in [0.3, 0.4) is 0 Å². The van der Waals surface area contributed by atoms with Gasteiger partial charge in [-0.15, -0.1) is 0 Å². The summed E-state index contributed by atoms with van der Waals surface area (Å²) in [5, 5.41) is 17.4. The van der Waals surface area contributed by atoms with Crippen molar-refractivity contribution in [1.82, 2.24) is 16.0 Å². The van der Waals surface area contributed by atoms with Crippen LogP contribution in [0.1, 0.15) is 73.6 Å². The number of carbonyl (C=O) groups excluding carboxylic acids is 3. The molecule has 31 heavy (non-hydrogen) atoms. The molecule has 9 heteroatoms. The number of amides is 3. The first-order valence-electron chi connectivity index (χ1n) is 11.1. The highest BCUT2D eigenvalue weighted by Crippen LogP contribution is 2.29. The van der Waals surface area contributed by atoms with Gasteiger partial charge in [0.2, 0.25) is 11.8 Å². The zero-order valence-electron chi connectivity index (χ0n) is 19.6. The molecular formula is C22H39N3O6. The van der Waals surface area contributed by atoms with Crippen molar-refractivity contribution in [3.05, 3.63) is 0 Å². The molecule has 1 aliphatic carbocycles. The lowest BCUT2D eigenvalue weighted by Crippen LogP contribution is -2.48. The lowest BCUT2D eigenvalue weighted by Gasteiger charge is -2.30. The summed E-state index contributed by atoms with van der Waals surface area (Å²) in [6, 6.07) is -1.58. The van der Waals surface area contributed by atoms with Crippen molar-refractivity contribution in [2.45, 2.75) is 91.3 Å². The summed E-state index contributed by atoms with van der Waals surface area (Å²) in [5.74, 6) is -1.59. The Morgan fingerprint density at radius 1 is 1.03 bits per heavy atom. The fourth-order valence-electron chi connectivity index (χ4n) is 3.53. The van der Waals surface area contributed by atoms with Gasteiger partial charge in [-0.2, -0.15) is 0 Å². The number of hydrogen-bond donors (Lipinski definition) is 4. The largest absolute Gasteiger partial charge is 0.480 e. The molecule has 3 amide bonds. The normalized spacial score (nSPS) is 21.9. The van der Waals surface area contributed by atoms with E-state index in [1.54, 1.807) is 27.7 Å². The molecule has 0 aromatic heterocycles. The molecule has 0 saturated heterocycles. The second-order valence-electron chi connectivity index (χ2n) is 9.54. The quantitative estimate of drug-likeness (QED) is 0.434. The lowest BCUT2D eigenvalue weighted by atomic mass is 9.81. The molecule has 0 heterocycles. The predicted molar refractivity (Wildman–Crippen MR) is 116 cm³/mol. The van der Waals surface area contributed by atoms with Crippen molar-refractivity contribution in [2.24, 2.45) is 17.8 Å². The first-order valence-corrected chi connectivity index (χ1v) is 11.1. The highest BCUT2D eigenvalue weighted by Gasteiger charge is 2.31. The number of ether oxygens (including phenoxy) is 1. The van der Waals surface area contributed by atoms with Crippen LogP contribution in [0.2, 0.25) is 0 Å². The van der Waals surface area contributed by atoms with E-state index < -0.39 is 29.7 Å². The molecule has 0 radical (unpaired) electrons. The summed E-state index contributed by atoms with van der Waals surface area (Å²) >= 11 is 0. The molecule has 178 valence electrons. The maximum atomic E-state index is 12.5. The molecule has 0 unspecified atom stereocenters. The van der Waals surface area contributed by atoms with Crippen molar-refractivity contribution in [3.63, 3.8) is 0 Å². The number of carbonyl (C=O) groups is 4. The van der Waals surface area contributed by atoms with E-state index >= 15 is 0 Å². The van der Waals surface area contributed by atoms with E-state index in [9.17, 15) is 24.3 Å². The summed E-state index contributed by atoms with van der Waals surface area (Å²) < 4.78 is 5.15. The average Bonchev–Trinajstić information content (AvgIpc) is 2.67. The van der Waals surface area contributed by atoms with Crippen LogP contribution in [0.15, 0.2) is 0 Å². The highest BCUT2D eigenvalue weighted by atomic mass is 16.6. The van der Waals surface area contributed by atoms with Gasteiger partial charge in [0.25, 0.3) is 0 Å². The summed E-state index contributed by atoms with van der Waals surface area (Å²) in [7, 11) is 0. The molecule has 0 bridgehead atoms. The Morgan fingerprint density at radius 3 is 2.10 bits per heavy atom. The molecule has 0 spiro atoms. The van der Waals surface area contributed by atoms with E-state index in [1.165, 1.54) is 0 Å². The molecule has 0 aromatic carbocycles. The first-order chi connectivity index (χ1) is 14.3. The summed E-state index contributed by atoms with van der Waals surface area (Å²) in [6.07, 6.45) is 2.89. The number of carboxylic acid groups (broad SMARTS) is 1. The van der Waals surface area contributed by atoms with E-state index in [4.69, 9.17) is 4.74 Å². The third-order valence-electron chi connectivity index (χ3n) is 5.69. The molecule has 0 aliphatic heterocycles. The first kappa shape index (κ1) is 26.7. The number of rotatable bonds is 9. The Kier molecular flexibility index (Phi) is 10.3. The minimum absolute atomic E-state index is 0.135. The maximum Gasteiger partial charge on any atom is 0.408 e. The van der Waals surface area contributed by atoms with Crippen LogP contribution in [-0.2, 0) is 19.1 Å². The molecule has 0 aromatic rings. The van der Waals surface area contributed by atoms with Crippen LogP contribution >= 0.6 is 0 Å². The third kappa shape index (κ3) is 9.57. The Labute approximate surface area is 185 Å². The minimum Gasteiger partial charge on any atom is -0.480 e. The Bertz CT molecular complexity index is 638. The van der Waals surface area contributed by atoms with Crippen LogP contribution < -0.4 is 16.0 Å². The summed E-state index contributed by atoms with van der Waals surface area (Å²) in [4.78, 5) is 47.9. The Hall–Kier alpha value is -2.32. The van der Waals surface area contributed by atoms with Gasteiger partial charge in [-0.3, -0.25) is 9.59 Å². The number of nitrogens with one attached hydrogen (secondary N) is 3. The summed E-state index contributed by atoms with van der Waals surface area (Å²) in [6.45, 7) is 11.0. The number of aliphatic carboxylic acids is 1. The van der Waals surface area contributed by atoms with E-state index in [-0.39, 0.29) is 29.6 Å². The zero-order chi connectivity index (χ0) is 23.8. The third-order valence-corrected chi connectivity index (χ3v) is 5.69. The van der Waals surface area contributed by atoms with Crippen LogP contribution in [0, 0.1) is 17.8 Å². The molecule has 1 rings (SSSR count). The highest BCUT2D eigenvalue weighted by molar-refractivity contribution is 5.86. The smallest absolute Gasteiger partial charge is 0.408 e. The molecule has 1 saturated carbocycles. The van der Waals surface area contributed by atoms with Gasteiger partial charge >= 0.3 is 12.1 Å². The van der Waals surface area contributed by atoms with E-state index in [2.05, 4.69) is 16.0 Å². The van der Waals surface area contributed by atoms with Crippen molar-refractivity contribution in [3.8, 4) is 0 Å². The van der Waals surface area contributed by atoms with E-state index in [0.717, 1.165) is 12.8 Å². The molecule has 1 aliphatic rings.